The Morgan fingerprint density at radius 1 is 1.19 bits per heavy atom. The van der Waals surface area contributed by atoms with Crippen LogP contribution < -0.4 is 0 Å². The van der Waals surface area contributed by atoms with Crippen LogP contribution in [0.1, 0.15) is 37.3 Å². The predicted molar refractivity (Wildman–Crippen MR) is 115 cm³/mol. The molecule has 0 aromatic heterocycles. The number of nitrogens with zero attached hydrogens (tertiary/aromatic N) is 2. The number of carbonyl (C=O) groups is 2. The van der Waals surface area contributed by atoms with E-state index in [1.54, 1.807) is 35.4 Å². The zero-order valence-electron chi connectivity index (χ0n) is 17.8. The zero-order chi connectivity index (χ0) is 22.6. The lowest BCUT2D eigenvalue weighted by Gasteiger charge is -2.35. The number of hydrogen-bond acceptors (Lipinski definition) is 8. The van der Waals surface area contributed by atoms with E-state index in [4.69, 9.17) is 14.3 Å². The van der Waals surface area contributed by atoms with E-state index in [9.17, 15) is 14.8 Å². The summed E-state index contributed by atoms with van der Waals surface area (Å²) in [4.78, 5) is 31.7. The fourth-order valence-electron chi connectivity index (χ4n) is 4.31. The molecule has 0 bridgehead atoms. The van der Waals surface area contributed by atoms with Crippen molar-refractivity contribution in [3.05, 3.63) is 71.8 Å². The van der Waals surface area contributed by atoms with Crippen LogP contribution in [0.25, 0.3) is 0 Å². The summed E-state index contributed by atoms with van der Waals surface area (Å²) in [7, 11) is 0. The Hall–Kier alpha value is -3.23. The van der Waals surface area contributed by atoms with Gasteiger partial charge in [0.15, 0.2) is 11.3 Å². The molecule has 2 aliphatic rings. The molecular weight excluding hydrogens is 412 g/mol. The SMILES string of the molecule is CC1CCOC(=O)C2(c3ccccc3)CC(CCOC(=O)/C(=N\O)c3ccccc3)ON12. The van der Waals surface area contributed by atoms with Gasteiger partial charge in [0, 0.05) is 24.4 Å². The molecule has 0 aliphatic carbocycles. The fraction of sp³-hybridized carbons (Fsp3) is 0.375. The van der Waals surface area contributed by atoms with Crippen LogP contribution in [0.5, 0.6) is 0 Å². The number of benzene rings is 2. The van der Waals surface area contributed by atoms with Gasteiger partial charge < -0.3 is 14.7 Å². The van der Waals surface area contributed by atoms with E-state index in [0.29, 0.717) is 31.4 Å². The highest BCUT2D eigenvalue weighted by Gasteiger charge is 2.57. The van der Waals surface area contributed by atoms with E-state index in [-0.39, 0.29) is 30.4 Å². The maximum absolute atomic E-state index is 13.1. The molecule has 2 fully saturated rings. The third-order valence-corrected chi connectivity index (χ3v) is 5.93. The van der Waals surface area contributed by atoms with Gasteiger partial charge in [-0.25, -0.2) is 9.59 Å². The minimum absolute atomic E-state index is 0.0274. The van der Waals surface area contributed by atoms with Crippen molar-refractivity contribution in [1.82, 2.24) is 5.06 Å². The topological polar surface area (TPSA) is 97.7 Å². The molecule has 0 spiro atoms. The molecule has 2 aromatic carbocycles. The van der Waals surface area contributed by atoms with Crippen LogP contribution in [0.15, 0.2) is 65.8 Å². The van der Waals surface area contributed by atoms with Crippen LogP contribution in [-0.2, 0) is 29.4 Å². The van der Waals surface area contributed by atoms with Gasteiger partial charge in [-0.3, -0.25) is 4.84 Å². The Morgan fingerprint density at radius 2 is 1.88 bits per heavy atom. The van der Waals surface area contributed by atoms with Crippen molar-refractivity contribution in [1.29, 1.82) is 0 Å². The summed E-state index contributed by atoms with van der Waals surface area (Å²) >= 11 is 0. The largest absolute Gasteiger partial charge is 0.464 e. The maximum Gasteiger partial charge on any atom is 0.361 e. The van der Waals surface area contributed by atoms with Crippen LogP contribution in [0.2, 0.25) is 0 Å². The Labute approximate surface area is 186 Å². The van der Waals surface area contributed by atoms with Gasteiger partial charge in [-0.1, -0.05) is 65.8 Å². The highest BCUT2D eigenvalue weighted by Crippen LogP contribution is 2.45. The van der Waals surface area contributed by atoms with Crippen molar-refractivity contribution in [3.63, 3.8) is 0 Å². The van der Waals surface area contributed by atoms with E-state index in [1.807, 2.05) is 37.3 Å². The second-order valence-electron chi connectivity index (χ2n) is 8.00. The molecule has 8 heteroatoms. The number of oxime groups is 1. The monoisotopic (exact) mass is 438 g/mol. The molecule has 0 saturated carbocycles. The first-order valence-corrected chi connectivity index (χ1v) is 10.7. The number of esters is 2. The standard InChI is InChI=1S/C24H26N2O6/c1-17-12-14-31-23(28)24(19-10-6-3-7-11-19)16-20(32-26(17)24)13-15-30-22(27)21(25-29)18-8-4-2-5-9-18/h2-11,17,20,29H,12-16H2,1H3/b25-21-. The van der Waals surface area contributed by atoms with Gasteiger partial charge in [0.1, 0.15) is 0 Å². The molecule has 2 aromatic rings. The summed E-state index contributed by atoms with van der Waals surface area (Å²) in [5.41, 5.74) is 0.0834. The van der Waals surface area contributed by atoms with Gasteiger partial charge in [0.25, 0.3) is 0 Å². The Kier molecular flexibility index (Phi) is 6.53. The Morgan fingerprint density at radius 3 is 2.56 bits per heavy atom. The molecule has 0 amide bonds. The number of hydroxylamine groups is 2. The third-order valence-electron chi connectivity index (χ3n) is 5.93. The lowest BCUT2D eigenvalue weighted by molar-refractivity contribution is -0.216. The zero-order valence-corrected chi connectivity index (χ0v) is 17.8. The van der Waals surface area contributed by atoms with Crippen molar-refractivity contribution in [2.75, 3.05) is 13.2 Å². The molecule has 32 heavy (non-hydrogen) atoms. The van der Waals surface area contributed by atoms with Crippen LogP contribution in [-0.4, -0.2) is 53.3 Å². The second kappa shape index (κ2) is 9.50. The van der Waals surface area contributed by atoms with Crippen molar-refractivity contribution in [3.8, 4) is 0 Å². The van der Waals surface area contributed by atoms with Crippen molar-refractivity contribution < 1.29 is 29.1 Å². The molecular formula is C24H26N2O6. The molecule has 3 unspecified atom stereocenters. The van der Waals surface area contributed by atoms with Gasteiger partial charge in [-0.15, -0.1) is 0 Å². The molecule has 168 valence electrons. The predicted octanol–water partition coefficient (Wildman–Crippen LogP) is 3.04. The van der Waals surface area contributed by atoms with Gasteiger partial charge in [-0.2, -0.15) is 5.06 Å². The van der Waals surface area contributed by atoms with E-state index in [0.717, 1.165) is 5.56 Å². The van der Waals surface area contributed by atoms with Gasteiger partial charge in [-0.05, 0) is 18.9 Å². The van der Waals surface area contributed by atoms with Crippen LogP contribution in [0, 0.1) is 0 Å². The third kappa shape index (κ3) is 4.11. The number of hydrogen-bond donors (Lipinski definition) is 1. The number of carbonyl (C=O) groups excluding carboxylic acids is 2. The van der Waals surface area contributed by atoms with E-state index >= 15 is 0 Å². The van der Waals surface area contributed by atoms with Crippen molar-refractivity contribution >= 4 is 17.7 Å². The fourth-order valence-corrected chi connectivity index (χ4v) is 4.31. The van der Waals surface area contributed by atoms with Gasteiger partial charge in [0.2, 0.25) is 0 Å². The average molecular weight is 438 g/mol. The minimum Gasteiger partial charge on any atom is -0.464 e. The number of cyclic esters (lactones) is 1. The average Bonchev–Trinajstić information content (AvgIpc) is 3.16. The van der Waals surface area contributed by atoms with E-state index < -0.39 is 11.5 Å². The van der Waals surface area contributed by atoms with Gasteiger partial charge >= 0.3 is 11.9 Å². The summed E-state index contributed by atoms with van der Waals surface area (Å²) in [6.07, 6.45) is 1.08. The Bertz CT molecular complexity index is 980. The number of fused-ring (bicyclic) bond motifs is 1. The summed E-state index contributed by atoms with van der Waals surface area (Å²) in [6, 6.07) is 18.1. The molecule has 1 N–H and O–H groups in total. The number of rotatable bonds is 6. The Balaban J connectivity index is 1.46. The summed E-state index contributed by atoms with van der Waals surface area (Å²) in [6.45, 7) is 2.41. The summed E-state index contributed by atoms with van der Waals surface area (Å²) in [5.74, 6) is -1.05. The first kappa shape index (κ1) is 22.0. The smallest absolute Gasteiger partial charge is 0.361 e. The summed E-state index contributed by atoms with van der Waals surface area (Å²) in [5, 5.41) is 14.1. The second-order valence-corrected chi connectivity index (χ2v) is 8.00. The molecule has 3 atom stereocenters. The molecule has 2 heterocycles. The molecule has 8 nitrogen and oxygen atoms in total. The van der Waals surface area contributed by atoms with Crippen LogP contribution in [0.4, 0.5) is 0 Å². The minimum atomic E-state index is -1.03. The van der Waals surface area contributed by atoms with Crippen LogP contribution in [0.3, 0.4) is 0 Å². The molecule has 4 rings (SSSR count). The maximum atomic E-state index is 13.1. The molecule has 2 aliphatic heterocycles. The quantitative estimate of drug-likeness (QED) is 0.320. The lowest BCUT2D eigenvalue weighted by atomic mass is 9.84. The number of ether oxygens (including phenoxy) is 2. The van der Waals surface area contributed by atoms with Crippen molar-refractivity contribution in [2.45, 2.75) is 43.9 Å². The van der Waals surface area contributed by atoms with E-state index in [1.165, 1.54) is 0 Å². The van der Waals surface area contributed by atoms with E-state index in [2.05, 4.69) is 5.16 Å². The highest BCUT2D eigenvalue weighted by atomic mass is 16.7. The first-order valence-electron chi connectivity index (χ1n) is 10.7. The molecule has 0 radical (unpaired) electrons. The van der Waals surface area contributed by atoms with Crippen molar-refractivity contribution in [2.24, 2.45) is 5.16 Å². The first-order chi connectivity index (χ1) is 15.6. The normalized spacial score (nSPS) is 26.2. The summed E-state index contributed by atoms with van der Waals surface area (Å²) < 4.78 is 10.9. The van der Waals surface area contributed by atoms with Gasteiger partial charge in [0.05, 0.1) is 19.3 Å². The highest BCUT2D eigenvalue weighted by molar-refractivity contribution is 6.43. The van der Waals surface area contributed by atoms with Crippen LogP contribution >= 0.6 is 0 Å². The molecule has 2 saturated heterocycles. The lowest BCUT2D eigenvalue weighted by Crippen LogP contribution is -2.49.